The van der Waals surface area contributed by atoms with E-state index >= 15 is 0 Å². The molecule has 0 fully saturated rings. The summed E-state index contributed by atoms with van der Waals surface area (Å²) < 4.78 is 0. The highest BCUT2D eigenvalue weighted by molar-refractivity contribution is 5.90. The van der Waals surface area contributed by atoms with E-state index in [4.69, 9.17) is 0 Å². The fraction of sp³-hybridized carbons (Fsp3) is 0.333. The highest BCUT2D eigenvalue weighted by Gasteiger charge is 2.10. The Balaban J connectivity index is 2.84. The van der Waals surface area contributed by atoms with Crippen molar-refractivity contribution in [3.05, 3.63) is 46.0 Å². The zero-order chi connectivity index (χ0) is 13.3. The first kappa shape index (κ1) is 13.0. The summed E-state index contributed by atoms with van der Waals surface area (Å²) >= 11 is 0. The summed E-state index contributed by atoms with van der Waals surface area (Å²) in [5.41, 5.74) is 4.49. The van der Waals surface area contributed by atoms with Crippen LogP contribution in [0.4, 0.5) is 0 Å². The molecule has 0 radical (unpaired) electrons. The third-order valence-electron chi connectivity index (χ3n) is 3.55. The number of aliphatic hydroxyl groups is 3. The molecule has 3 N–H and O–H groups in total. The topological polar surface area (TPSA) is 60.7 Å². The molecule has 0 aliphatic rings. The van der Waals surface area contributed by atoms with Gasteiger partial charge in [0, 0.05) is 0 Å². The first-order chi connectivity index (χ1) is 8.62. The first-order valence-electron chi connectivity index (χ1n) is 5.99. The molecule has 0 saturated carbocycles. The standard InChI is InChI=1S/C15H18O3/c1-9-3-11(6-16)10(2)15-5-13(8-18)12(7-17)4-14(9)15/h3-5,16-18H,6-8H2,1-2H3. The van der Waals surface area contributed by atoms with Gasteiger partial charge in [0.1, 0.15) is 0 Å². The second-order valence-corrected chi connectivity index (χ2v) is 4.62. The minimum atomic E-state index is -0.0896. The van der Waals surface area contributed by atoms with Crippen LogP contribution in [-0.2, 0) is 19.8 Å². The van der Waals surface area contributed by atoms with Crippen LogP contribution < -0.4 is 0 Å². The molecular weight excluding hydrogens is 228 g/mol. The monoisotopic (exact) mass is 246 g/mol. The van der Waals surface area contributed by atoms with Crippen LogP contribution in [0.1, 0.15) is 27.8 Å². The summed E-state index contributed by atoms with van der Waals surface area (Å²) in [6.07, 6.45) is 0. The van der Waals surface area contributed by atoms with Crippen molar-refractivity contribution in [1.82, 2.24) is 0 Å². The van der Waals surface area contributed by atoms with Crippen molar-refractivity contribution in [2.24, 2.45) is 0 Å². The molecule has 0 aromatic heterocycles. The number of hydrogen-bond donors (Lipinski definition) is 3. The number of aliphatic hydroxyl groups excluding tert-OH is 3. The molecule has 3 heteroatoms. The number of benzene rings is 2. The lowest BCUT2D eigenvalue weighted by atomic mass is 9.92. The van der Waals surface area contributed by atoms with Crippen LogP contribution in [0.15, 0.2) is 18.2 Å². The minimum Gasteiger partial charge on any atom is -0.392 e. The first-order valence-corrected chi connectivity index (χ1v) is 5.99. The maximum Gasteiger partial charge on any atom is 0.0685 e. The zero-order valence-electron chi connectivity index (χ0n) is 10.7. The van der Waals surface area contributed by atoms with Gasteiger partial charge in [-0.3, -0.25) is 0 Å². The van der Waals surface area contributed by atoms with E-state index in [-0.39, 0.29) is 19.8 Å². The molecule has 0 saturated heterocycles. The van der Waals surface area contributed by atoms with Gasteiger partial charge in [-0.1, -0.05) is 6.07 Å². The van der Waals surface area contributed by atoms with E-state index in [2.05, 4.69) is 0 Å². The highest BCUT2D eigenvalue weighted by Crippen LogP contribution is 2.29. The quantitative estimate of drug-likeness (QED) is 0.775. The fourth-order valence-corrected chi connectivity index (χ4v) is 2.40. The maximum atomic E-state index is 9.34. The fourth-order valence-electron chi connectivity index (χ4n) is 2.40. The Morgan fingerprint density at radius 3 is 1.72 bits per heavy atom. The van der Waals surface area contributed by atoms with E-state index < -0.39 is 0 Å². The summed E-state index contributed by atoms with van der Waals surface area (Å²) in [6, 6.07) is 5.80. The van der Waals surface area contributed by atoms with Crippen LogP contribution in [0.3, 0.4) is 0 Å². The van der Waals surface area contributed by atoms with Crippen molar-refractivity contribution < 1.29 is 15.3 Å². The van der Waals surface area contributed by atoms with Gasteiger partial charge in [0.2, 0.25) is 0 Å². The molecule has 0 amide bonds. The number of fused-ring (bicyclic) bond motifs is 1. The summed E-state index contributed by atoms with van der Waals surface area (Å²) in [6.45, 7) is 3.80. The van der Waals surface area contributed by atoms with Crippen LogP contribution in [0, 0.1) is 13.8 Å². The molecule has 96 valence electrons. The van der Waals surface area contributed by atoms with Gasteiger partial charge in [-0.2, -0.15) is 0 Å². The molecule has 2 aromatic rings. The molecule has 0 aliphatic carbocycles. The average molecular weight is 246 g/mol. The molecule has 2 aromatic carbocycles. The Morgan fingerprint density at radius 1 is 0.722 bits per heavy atom. The Hall–Kier alpha value is -1.42. The molecule has 3 nitrogen and oxygen atoms in total. The molecule has 0 heterocycles. The van der Waals surface area contributed by atoms with Crippen LogP contribution in [0.25, 0.3) is 10.8 Å². The van der Waals surface area contributed by atoms with Crippen molar-refractivity contribution >= 4 is 10.8 Å². The Bertz CT molecular complexity index is 588. The van der Waals surface area contributed by atoms with E-state index in [0.717, 1.165) is 38.6 Å². The van der Waals surface area contributed by atoms with Gasteiger partial charge in [-0.25, -0.2) is 0 Å². The number of aryl methyl sites for hydroxylation is 2. The van der Waals surface area contributed by atoms with E-state index in [1.165, 1.54) is 0 Å². The predicted octanol–water partition coefficient (Wildman–Crippen LogP) is 1.93. The van der Waals surface area contributed by atoms with Crippen LogP contribution in [0.5, 0.6) is 0 Å². The smallest absolute Gasteiger partial charge is 0.0685 e. The largest absolute Gasteiger partial charge is 0.392 e. The van der Waals surface area contributed by atoms with Crippen molar-refractivity contribution in [3.63, 3.8) is 0 Å². The van der Waals surface area contributed by atoms with Crippen LogP contribution in [0.2, 0.25) is 0 Å². The molecule has 0 bridgehead atoms. The van der Waals surface area contributed by atoms with Gasteiger partial charge in [0.15, 0.2) is 0 Å². The van der Waals surface area contributed by atoms with Gasteiger partial charge in [-0.05, 0) is 64.6 Å². The van der Waals surface area contributed by atoms with Gasteiger partial charge in [-0.15, -0.1) is 0 Å². The van der Waals surface area contributed by atoms with Crippen molar-refractivity contribution in [1.29, 1.82) is 0 Å². The average Bonchev–Trinajstić information content (AvgIpc) is 2.41. The second kappa shape index (κ2) is 5.06. The second-order valence-electron chi connectivity index (χ2n) is 4.62. The van der Waals surface area contributed by atoms with Gasteiger partial charge < -0.3 is 15.3 Å². The zero-order valence-corrected chi connectivity index (χ0v) is 10.7. The lowest BCUT2D eigenvalue weighted by Gasteiger charge is -2.14. The lowest BCUT2D eigenvalue weighted by molar-refractivity contribution is 0.260. The summed E-state index contributed by atoms with van der Waals surface area (Å²) in [7, 11) is 0. The normalized spacial score (nSPS) is 11.2. The third kappa shape index (κ3) is 2.01. The van der Waals surface area contributed by atoms with Gasteiger partial charge >= 0.3 is 0 Å². The van der Waals surface area contributed by atoms with Crippen molar-refractivity contribution in [3.8, 4) is 0 Å². The van der Waals surface area contributed by atoms with E-state index in [1.807, 2.05) is 32.0 Å². The summed E-state index contributed by atoms with van der Waals surface area (Å²) in [4.78, 5) is 0. The van der Waals surface area contributed by atoms with Crippen molar-refractivity contribution in [2.45, 2.75) is 33.7 Å². The highest BCUT2D eigenvalue weighted by atomic mass is 16.3. The number of hydrogen-bond acceptors (Lipinski definition) is 3. The predicted molar refractivity (Wildman–Crippen MR) is 71.2 cm³/mol. The maximum absolute atomic E-state index is 9.34. The van der Waals surface area contributed by atoms with E-state index in [1.54, 1.807) is 0 Å². The molecule has 0 unspecified atom stereocenters. The third-order valence-corrected chi connectivity index (χ3v) is 3.55. The SMILES string of the molecule is Cc1cc(CO)c(C)c2cc(CO)c(CO)cc12. The Labute approximate surface area is 106 Å². The van der Waals surface area contributed by atoms with Gasteiger partial charge in [0.25, 0.3) is 0 Å². The summed E-state index contributed by atoms with van der Waals surface area (Å²) in [5, 5.41) is 30.1. The molecular formula is C15H18O3. The van der Waals surface area contributed by atoms with Crippen LogP contribution in [-0.4, -0.2) is 15.3 Å². The Morgan fingerprint density at radius 2 is 1.22 bits per heavy atom. The minimum absolute atomic E-state index is 0.0127. The van der Waals surface area contributed by atoms with E-state index in [9.17, 15) is 15.3 Å². The number of rotatable bonds is 3. The van der Waals surface area contributed by atoms with Crippen molar-refractivity contribution in [2.75, 3.05) is 0 Å². The molecule has 0 aliphatic heterocycles. The van der Waals surface area contributed by atoms with E-state index in [0.29, 0.717) is 0 Å². The lowest BCUT2D eigenvalue weighted by Crippen LogP contribution is -1.98. The van der Waals surface area contributed by atoms with Gasteiger partial charge in [0.05, 0.1) is 19.8 Å². The van der Waals surface area contributed by atoms with Crippen LogP contribution >= 0.6 is 0 Å². The Kier molecular flexibility index (Phi) is 3.66. The molecule has 2 rings (SSSR count). The molecule has 0 spiro atoms. The molecule has 0 atom stereocenters. The molecule has 18 heavy (non-hydrogen) atoms. The summed E-state index contributed by atoms with van der Waals surface area (Å²) in [5.74, 6) is 0.